The van der Waals surface area contributed by atoms with E-state index in [9.17, 15) is 0 Å². The molecule has 0 aromatic rings. The summed E-state index contributed by atoms with van der Waals surface area (Å²) >= 11 is 0. The van der Waals surface area contributed by atoms with E-state index in [4.69, 9.17) is 0 Å². The molecule has 0 nitrogen and oxygen atoms in total. The standard InChI is InChI=1S/C9H18.C5H10/c1-7(2)9-6-4-5-8(9)3;1-2-4-5-3-1/h7-9H,4-6H2,1-3H3;1-5H2. The monoisotopic (exact) mass is 196 g/mol. The van der Waals surface area contributed by atoms with E-state index in [0.717, 1.165) is 17.8 Å². The normalized spacial score (nSPS) is 31.7. The number of hydrogen-bond donors (Lipinski definition) is 0. The van der Waals surface area contributed by atoms with Gasteiger partial charge in [0, 0.05) is 0 Å². The summed E-state index contributed by atoms with van der Waals surface area (Å²) in [5.41, 5.74) is 0. The van der Waals surface area contributed by atoms with E-state index < -0.39 is 0 Å². The Morgan fingerprint density at radius 1 is 0.786 bits per heavy atom. The molecule has 2 fully saturated rings. The highest BCUT2D eigenvalue weighted by molar-refractivity contribution is 4.75. The van der Waals surface area contributed by atoms with Gasteiger partial charge in [-0.2, -0.15) is 0 Å². The van der Waals surface area contributed by atoms with E-state index in [-0.39, 0.29) is 0 Å². The fourth-order valence-electron chi connectivity index (χ4n) is 3.05. The van der Waals surface area contributed by atoms with Crippen LogP contribution >= 0.6 is 0 Å². The summed E-state index contributed by atoms with van der Waals surface area (Å²) in [6.07, 6.45) is 11.9. The highest BCUT2D eigenvalue weighted by atomic mass is 14.3. The quantitative estimate of drug-likeness (QED) is 0.552. The number of rotatable bonds is 1. The van der Waals surface area contributed by atoms with Crippen molar-refractivity contribution in [3.05, 3.63) is 0 Å². The van der Waals surface area contributed by atoms with Crippen LogP contribution in [0, 0.1) is 17.8 Å². The summed E-state index contributed by atoms with van der Waals surface area (Å²) in [6, 6.07) is 0. The molecule has 14 heavy (non-hydrogen) atoms. The van der Waals surface area contributed by atoms with Crippen LogP contribution in [-0.2, 0) is 0 Å². The van der Waals surface area contributed by atoms with Crippen molar-refractivity contribution >= 4 is 0 Å². The molecule has 0 heteroatoms. The van der Waals surface area contributed by atoms with Crippen LogP contribution in [0.3, 0.4) is 0 Å². The zero-order valence-electron chi connectivity index (χ0n) is 10.4. The summed E-state index contributed by atoms with van der Waals surface area (Å²) in [5, 5.41) is 0. The average molecular weight is 196 g/mol. The average Bonchev–Trinajstić information content (AvgIpc) is 2.74. The Kier molecular flexibility index (Phi) is 5.59. The summed E-state index contributed by atoms with van der Waals surface area (Å²) in [6.45, 7) is 7.11. The third kappa shape index (κ3) is 4.02. The van der Waals surface area contributed by atoms with Crippen molar-refractivity contribution in [2.75, 3.05) is 0 Å². The van der Waals surface area contributed by atoms with E-state index in [2.05, 4.69) is 20.8 Å². The van der Waals surface area contributed by atoms with Gasteiger partial charge in [0.2, 0.25) is 0 Å². The van der Waals surface area contributed by atoms with Gasteiger partial charge in [-0.05, 0) is 24.2 Å². The lowest BCUT2D eigenvalue weighted by molar-refractivity contribution is 0.314. The minimum atomic E-state index is 0.919. The molecule has 2 atom stereocenters. The zero-order valence-corrected chi connectivity index (χ0v) is 10.4. The summed E-state index contributed by atoms with van der Waals surface area (Å²) in [5.74, 6) is 2.96. The Labute approximate surface area is 90.5 Å². The highest BCUT2D eigenvalue weighted by Crippen LogP contribution is 2.35. The van der Waals surface area contributed by atoms with Gasteiger partial charge in [-0.3, -0.25) is 0 Å². The van der Waals surface area contributed by atoms with Gasteiger partial charge >= 0.3 is 0 Å². The molecule has 0 saturated heterocycles. The lowest BCUT2D eigenvalue weighted by Crippen LogP contribution is -2.10. The van der Waals surface area contributed by atoms with E-state index in [1.54, 1.807) is 0 Å². The molecule has 2 aliphatic rings. The maximum absolute atomic E-state index is 2.40. The summed E-state index contributed by atoms with van der Waals surface area (Å²) in [4.78, 5) is 0. The first-order valence-corrected chi connectivity index (χ1v) is 6.72. The second-order valence-corrected chi connectivity index (χ2v) is 5.58. The first kappa shape index (κ1) is 12.1. The van der Waals surface area contributed by atoms with Crippen molar-refractivity contribution < 1.29 is 0 Å². The molecular formula is C14H28. The molecule has 0 aromatic carbocycles. The third-order valence-electron chi connectivity index (χ3n) is 4.03. The summed E-state index contributed by atoms with van der Waals surface area (Å²) in [7, 11) is 0. The Morgan fingerprint density at radius 2 is 1.29 bits per heavy atom. The van der Waals surface area contributed by atoms with Crippen LogP contribution in [0.2, 0.25) is 0 Å². The van der Waals surface area contributed by atoms with Crippen LogP contribution in [0.5, 0.6) is 0 Å². The molecule has 0 aromatic heterocycles. The first-order chi connectivity index (χ1) is 6.72. The maximum Gasteiger partial charge on any atom is -0.0365 e. The van der Waals surface area contributed by atoms with Gasteiger partial charge in [0.15, 0.2) is 0 Å². The van der Waals surface area contributed by atoms with E-state index in [1.807, 2.05) is 0 Å². The van der Waals surface area contributed by atoms with Crippen molar-refractivity contribution in [3.8, 4) is 0 Å². The molecule has 0 spiro atoms. The third-order valence-corrected chi connectivity index (χ3v) is 4.03. The van der Waals surface area contributed by atoms with Gasteiger partial charge in [-0.15, -0.1) is 0 Å². The van der Waals surface area contributed by atoms with Crippen LogP contribution in [0.4, 0.5) is 0 Å². The molecule has 0 bridgehead atoms. The largest absolute Gasteiger partial charge is 0.0625 e. The first-order valence-electron chi connectivity index (χ1n) is 6.72. The Balaban J connectivity index is 0.000000165. The van der Waals surface area contributed by atoms with Crippen LogP contribution in [0.25, 0.3) is 0 Å². The van der Waals surface area contributed by atoms with Crippen molar-refractivity contribution in [1.29, 1.82) is 0 Å². The molecule has 2 unspecified atom stereocenters. The fraction of sp³-hybridized carbons (Fsp3) is 1.00. The molecular weight excluding hydrogens is 168 g/mol. The molecule has 0 radical (unpaired) electrons. The SMILES string of the molecule is C1CCCC1.CC(C)C1CCCC1C. The Morgan fingerprint density at radius 3 is 1.50 bits per heavy atom. The Bertz CT molecular complexity index is 125. The smallest absolute Gasteiger partial charge is 0.0365 e. The lowest BCUT2D eigenvalue weighted by atomic mass is 9.87. The molecule has 0 aliphatic heterocycles. The van der Waals surface area contributed by atoms with Crippen LogP contribution < -0.4 is 0 Å². The van der Waals surface area contributed by atoms with Crippen molar-refractivity contribution in [1.82, 2.24) is 0 Å². The topological polar surface area (TPSA) is 0 Å². The minimum Gasteiger partial charge on any atom is -0.0625 e. The van der Waals surface area contributed by atoms with E-state index >= 15 is 0 Å². The number of hydrogen-bond acceptors (Lipinski definition) is 0. The predicted molar refractivity (Wildman–Crippen MR) is 64.4 cm³/mol. The van der Waals surface area contributed by atoms with Gasteiger partial charge < -0.3 is 0 Å². The molecule has 2 aliphatic carbocycles. The Hall–Kier alpha value is 0. The van der Waals surface area contributed by atoms with Crippen LogP contribution in [-0.4, -0.2) is 0 Å². The zero-order chi connectivity index (χ0) is 10.4. The minimum absolute atomic E-state index is 0.919. The van der Waals surface area contributed by atoms with Crippen LogP contribution in [0.1, 0.15) is 72.1 Å². The maximum atomic E-state index is 2.40. The molecule has 84 valence electrons. The van der Waals surface area contributed by atoms with Crippen LogP contribution in [0.15, 0.2) is 0 Å². The molecule has 0 N–H and O–H groups in total. The fourth-order valence-corrected chi connectivity index (χ4v) is 3.05. The second kappa shape index (κ2) is 6.48. The van der Waals surface area contributed by atoms with Crippen molar-refractivity contribution in [3.63, 3.8) is 0 Å². The van der Waals surface area contributed by atoms with Gasteiger partial charge in [-0.1, -0.05) is 65.7 Å². The molecule has 0 amide bonds. The molecule has 2 rings (SSSR count). The molecule has 2 saturated carbocycles. The summed E-state index contributed by atoms with van der Waals surface area (Å²) < 4.78 is 0. The van der Waals surface area contributed by atoms with E-state index in [0.29, 0.717) is 0 Å². The lowest BCUT2D eigenvalue weighted by Gasteiger charge is -2.18. The second-order valence-electron chi connectivity index (χ2n) is 5.58. The van der Waals surface area contributed by atoms with E-state index in [1.165, 1.54) is 51.4 Å². The highest BCUT2D eigenvalue weighted by Gasteiger charge is 2.25. The van der Waals surface area contributed by atoms with Crippen molar-refractivity contribution in [2.45, 2.75) is 72.1 Å². The predicted octanol–water partition coefficient (Wildman–Crippen LogP) is 5.03. The van der Waals surface area contributed by atoms with Gasteiger partial charge in [-0.25, -0.2) is 0 Å². The molecule has 0 heterocycles. The van der Waals surface area contributed by atoms with Gasteiger partial charge in [0.1, 0.15) is 0 Å². The van der Waals surface area contributed by atoms with Gasteiger partial charge in [0.25, 0.3) is 0 Å². The van der Waals surface area contributed by atoms with Gasteiger partial charge in [0.05, 0.1) is 0 Å². The van der Waals surface area contributed by atoms with Crippen molar-refractivity contribution in [2.24, 2.45) is 17.8 Å².